The van der Waals surface area contributed by atoms with Crippen molar-refractivity contribution in [3.05, 3.63) is 28.2 Å². The number of ether oxygens (including phenoxy) is 1. The van der Waals surface area contributed by atoms with Crippen molar-refractivity contribution in [1.29, 1.82) is 0 Å². The summed E-state index contributed by atoms with van der Waals surface area (Å²) < 4.78 is 29.9. The molecule has 0 aromatic heterocycles. The van der Waals surface area contributed by atoms with Crippen LogP contribution in [0.15, 0.2) is 22.7 Å². The van der Waals surface area contributed by atoms with Gasteiger partial charge in [-0.05, 0) is 24.1 Å². The van der Waals surface area contributed by atoms with Crippen molar-refractivity contribution >= 4 is 15.9 Å². The Balaban J connectivity index is 2.77. The number of nitrogens with one attached hydrogen (secondary N) is 1. The van der Waals surface area contributed by atoms with E-state index in [4.69, 9.17) is 0 Å². The smallest absolute Gasteiger partial charge is 0.387 e. The Kier molecular flexibility index (Phi) is 6.68. The van der Waals surface area contributed by atoms with E-state index in [0.717, 1.165) is 4.47 Å². The SMILES string of the molecule is CC(C)C(CO)NCc1cc(Br)ccc1OC(F)F. The van der Waals surface area contributed by atoms with Crippen LogP contribution in [0.2, 0.25) is 0 Å². The Morgan fingerprint density at radius 2 is 2.05 bits per heavy atom. The van der Waals surface area contributed by atoms with Gasteiger partial charge in [-0.2, -0.15) is 8.78 Å². The largest absolute Gasteiger partial charge is 0.434 e. The summed E-state index contributed by atoms with van der Waals surface area (Å²) in [6.07, 6.45) is 0. The Labute approximate surface area is 120 Å². The van der Waals surface area contributed by atoms with Gasteiger partial charge in [-0.25, -0.2) is 0 Å². The third-order valence-electron chi connectivity index (χ3n) is 2.79. The Bertz CT molecular complexity index is 402. The van der Waals surface area contributed by atoms with Crippen LogP contribution < -0.4 is 10.1 Å². The molecule has 1 unspecified atom stereocenters. The van der Waals surface area contributed by atoms with Gasteiger partial charge in [0.25, 0.3) is 0 Å². The van der Waals surface area contributed by atoms with Gasteiger partial charge in [0.05, 0.1) is 6.61 Å². The van der Waals surface area contributed by atoms with Crippen LogP contribution in [0.3, 0.4) is 0 Å². The molecule has 1 atom stereocenters. The standard InChI is InChI=1S/C13H18BrF2NO2/c1-8(2)11(7-18)17-6-9-5-10(14)3-4-12(9)19-13(15)16/h3-5,8,11,13,17-18H,6-7H2,1-2H3. The summed E-state index contributed by atoms with van der Waals surface area (Å²) >= 11 is 3.30. The molecule has 6 heteroatoms. The fourth-order valence-electron chi connectivity index (χ4n) is 1.65. The maximum atomic E-state index is 12.3. The summed E-state index contributed by atoms with van der Waals surface area (Å²) in [4.78, 5) is 0. The second kappa shape index (κ2) is 7.77. The van der Waals surface area contributed by atoms with Crippen molar-refractivity contribution in [1.82, 2.24) is 5.32 Å². The Morgan fingerprint density at radius 3 is 2.58 bits per heavy atom. The molecule has 0 aliphatic heterocycles. The fraction of sp³-hybridized carbons (Fsp3) is 0.538. The van der Waals surface area contributed by atoms with Gasteiger partial charge in [-0.1, -0.05) is 29.8 Å². The highest BCUT2D eigenvalue weighted by molar-refractivity contribution is 9.10. The molecule has 3 nitrogen and oxygen atoms in total. The zero-order chi connectivity index (χ0) is 14.4. The molecule has 19 heavy (non-hydrogen) atoms. The zero-order valence-electron chi connectivity index (χ0n) is 10.9. The maximum absolute atomic E-state index is 12.3. The van der Waals surface area contributed by atoms with Crippen molar-refractivity contribution in [2.75, 3.05) is 6.61 Å². The van der Waals surface area contributed by atoms with Crippen molar-refractivity contribution in [3.63, 3.8) is 0 Å². The quantitative estimate of drug-likeness (QED) is 0.803. The minimum absolute atomic E-state index is 0.00327. The average Bonchev–Trinajstić information content (AvgIpc) is 2.32. The van der Waals surface area contributed by atoms with E-state index < -0.39 is 6.61 Å². The van der Waals surface area contributed by atoms with E-state index in [-0.39, 0.29) is 24.3 Å². The number of benzene rings is 1. The molecule has 1 aromatic carbocycles. The van der Waals surface area contributed by atoms with Crippen LogP contribution in [0.1, 0.15) is 19.4 Å². The predicted molar refractivity (Wildman–Crippen MR) is 73.3 cm³/mol. The zero-order valence-corrected chi connectivity index (χ0v) is 12.5. The fourth-order valence-corrected chi connectivity index (χ4v) is 2.06. The molecule has 108 valence electrons. The van der Waals surface area contributed by atoms with Crippen molar-refractivity contribution < 1.29 is 18.6 Å². The average molecular weight is 338 g/mol. The molecule has 0 fully saturated rings. The number of halogens is 3. The van der Waals surface area contributed by atoms with Crippen LogP contribution in [0.4, 0.5) is 8.78 Å². The van der Waals surface area contributed by atoms with Crippen molar-refractivity contribution in [3.8, 4) is 5.75 Å². The number of aliphatic hydroxyl groups is 1. The second-order valence-corrected chi connectivity index (χ2v) is 5.46. The molecule has 0 bridgehead atoms. The number of hydrogen-bond acceptors (Lipinski definition) is 3. The lowest BCUT2D eigenvalue weighted by molar-refractivity contribution is -0.0505. The highest BCUT2D eigenvalue weighted by Gasteiger charge is 2.14. The van der Waals surface area contributed by atoms with Gasteiger partial charge in [0.2, 0.25) is 0 Å². The van der Waals surface area contributed by atoms with Gasteiger partial charge in [0.1, 0.15) is 5.75 Å². The summed E-state index contributed by atoms with van der Waals surface area (Å²) in [7, 11) is 0. The highest BCUT2D eigenvalue weighted by atomic mass is 79.9. The van der Waals surface area contributed by atoms with Crippen LogP contribution >= 0.6 is 15.9 Å². The summed E-state index contributed by atoms with van der Waals surface area (Å²) in [5.41, 5.74) is 0.619. The van der Waals surface area contributed by atoms with Gasteiger partial charge >= 0.3 is 6.61 Å². The first-order chi connectivity index (χ1) is 8.93. The molecule has 2 N–H and O–H groups in total. The van der Waals surface area contributed by atoms with E-state index >= 15 is 0 Å². The van der Waals surface area contributed by atoms with Crippen LogP contribution in [0.5, 0.6) is 5.75 Å². The molecule has 0 amide bonds. The van der Waals surface area contributed by atoms with E-state index in [1.807, 2.05) is 13.8 Å². The summed E-state index contributed by atoms with van der Waals surface area (Å²) in [6.45, 7) is 1.46. The van der Waals surface area contributed by atoms with E-state index in [9.17, 15) is 13.9 Å². The van der Waals surface area contributed by atoms with Crippen LogP contribution in [-0.2, 0) is 6.54 Å². The maximum Gasteiger partial charge on any atom is 0.387 e. The van der Waals surface area contributed by atoms with Gasteiger partial charge in [0.15, 0.2) is 0 Å². The van der Waals surface area contributed by atoms with Gasteiger partial charge in [0, 0.05) is 22.6 Å². The highest BCUT2D eigenvalue weighted by Crippen LogP contribution is 2.25. The minimum atomic E-state index is -2.85. The van der Waals surface area contributed by atoms with Crippen molar-refractivity contribution in [2.45, 2.75) is 33.0 Å². The topological polar surface area (TPSA) is 41.5 Å². The molecule has 0 saturated heterocycles. The van der Waals surface area contributed by atoms with E-state index in [1.165, 1.54) is 6.07 Å². The first-order valence-corrected chi connectivity index (χ1v) is 6.80. The molecule has 0 aliphatic rings. The lowest BCUT2D eigenvalue weighted by atomic mass is 10.0. The van der Waals surface area contributed by atoms with E-state index in [2.05, 4.69) is 26.0 Å². The summed E-state index contributed by atoms with van der Waals surface area (Å²) in [5, 5.41) is 12.4. The van der Waals surface area contributed by atoms with Gasteiger partial charge in [-0.15, -0.1) is 0 Å². The molecule has 0 radical (unpaired) electrons. The molecule has 0 saturated carbocycles. The minimum Gasteiger partial charge on any atom is -0.434 e. The molecule has 0 spiro atoms. The third kappa shape index (κ3) is 5.42. The Hall–Kier alpha value is -0.720. The van der Waals surface area contributed by atoms with E-state index in [0.29, 0.717) is 12.1 Å². The first-order valence-electron chi connectivity index (χ1n) is 6.01. The Morgan fingerprint density at radius 1 is 1.37 bits per heavy atom. The molecule has 0 aliphatic carbocycles. The molecule has 1 rings (SSSR count). The predicted octanol–water partition coefficient (Wildman–Crippen LogP) is 3.16. The normalized spacial score (nSPS) is 13.1. The lowest BCUT2D eigenvalue weighted by Crippen LogP contribution is -2.36. The molecular weight excluding hydrogens is 320 g/mol. The number of alkyl halides is 2. The van der Waals surface area contributed by atoms with Crippen molar-refractivity contribution in [2.24, 2.45) is 5.92 Å². The van der Waals surface area contributed by atoms with Crippen LogP contribution in [0, 0.1) is 5.92 Å². The molecule has 1 aromatic rings. The molecular formula is C13H18BrF2NO2. The van der Waals surface area contributed by atoms with E-state index in [1.54, 1.807) is 12.1 Å². The van der Waals surface area contributed by atoms with Gasteiger partial charge in [-0.3, -0.25) is 0 Å². The summed E-state index contributed by atoms with van der Waals surface area (Å²) in [6, 6.07) is 4.78. The molecule has 0 heterocycles. The summed E-state index contributed by atoms with van der Waals surface area (Å²) in [5.74, 6) is 0.391. The van der Waals surface area contributed by atoms with Gasteiger partial charge < -0.3 is 15.2 Å². The lowest BCUT2D eigenvalue weighted by Gasteiger charge is -2.21. The first kappa shape index (κ1) is 16.3. The monoisotopic (exact) mass is 337 g/mol. The number of hydrogen-bond donors (Lipinski definition) is 2. The second-order valence-electron chi connectivity index (χ2n) is 4.54. The van der Waals surface area contributed by atoms with Crippen LogP contribution in [0.25, 0.3) is 0 Å². The van der Waals surface area contributed by atoms with Crippen LogP contribution in [-0.4, -0.2) is 24.4 Å². The third-order valence-corrected chi connectivity index (χ3v) is 3.29. The number of rotatable bonds is 7. The number of aliphatic hydroxyl groups excluding tert-OH is 1.